The minimum absolute atomic E-state index is 0.0654. The van der Waals surface area contributed by atoms with Crippen LogP contribution in [0.15, 0.2) is 66.7 Å². The molecular weight excluding hydrogens is 543 g/mol. The first-order valence-corrected chi connectivity index (χ1v) is 13.9. The number of amides is 2. The Morgan fingerprint density at radius 2 is 1.63 bits per heavy atom. The summed E-state index contributed by atoms with van der Waals surface area (Å²) in [4.78, 5) is 29.1. The minimum atomic E-state index is -0.784. The van der Waals surface area contributed by atoms with E-state index in [1.54, 1.807) is 36.4 Å². The van der Waals surface area contributed by atoms with Gasteiger partial charge >= 0.3 is 0 Å². The van der Waals surface area contributed by atoms with E-state index in [2.05, 4.69) is 5.32 Å². The molecule has 4 rings (SSSR count). The Kier molecular flexibility index (Phi) is 9.95. The number of hydrogen-bond acceptors (Lipinski definition) is 3. The third-order valence-electron chi connectivity index (χ3n) is 6.85. The quantitative estimate of drug-likeness (QED) is 0.283. The van der Waals surface area contributed by atoms with Crippen molar-refractivity contribution >= 4 is 46.6 Å². The van der Waals surface area contributed by atoms with Gasteiger partial charge in [0.15, 0.2) is 6.61 Å². The Hall–Kier alpha value is -2.73. The average Bonchev–Trinajstić information content (AvgIpc) is 3.41. The van der Waals surface area contributed by atoms with E-state index in [1.165, 1.54) is 4.90 Å². The Balaban J connectivity index is 1.65. The van der Waals surface area contributed by atoms with Gasteiger partial charge in [0.25, 0.3) is 5.91 Å². The zero-order chi connectivity index (χ0) is 27.1. The van der Waals surface area contributed by atoms with Crippen molar-refractivity contribution in [1.29, 1.82) is 0 Å². The van der Waals surface area contributed by atoms with Crippen molar-refractivity contribution in [2.75, 3.05) is 6.61 Å². The predicted molar refractivity (Wildman–Crippen MR) is 153 cm³/mol. The first-order chi connectivity index (χ1) is 18.3. The number of hydrogen-bond donors (Lipinski definition) is 1. The number of benzene rings is 3. The van der Waals surface area contributed by atoms with E-state index in [0.29, 0.717) is 32.8 Å². The maximum absolute atomic E-state index is 13.8. The standard InChI is InChI=1S/C30H31Cl3N2O3/c1-20-16-23(14-15-25(20)31)38-19-29(36)35(18-24-26(32)12-7-13-27(24)33)28(17-21-8-3-2-4-9-21)30(37)34-22-10-5-6-11-22/h2-4,7-9,12-16,22,28H,5-6,10-11,17-19H2,1H3,(H,34,37)/t28-/m0/s1. The van der Waals surface area contributed by atoms with Crippen LogP contribution in [0.3, 0.4) is 0 Å². The highest BCUT2D eigenvalue weighted by Gasteiger charge is 2.33. The number of carbonyl (C=O) groups is 2. The zero-order valence-corrected chi connectivity index (χ0v) is 23.5. The number of halogens is 3. The molecule has 1 fully saturated rings. The lowest BCUT2D eigenvalue weighted by Gasteiger charge is -2.32. The number of ether oxygens (including phenoxy) is 1. The molecular formula is C30H31Cl3N2O3. The molecule has 0 heterocycles. The van der Waals surface area contributed by atoms with Crippen LogP contribution in [0, 0.1) is 6.92 Å². The van der Waals surface area contributed by atoms with Gasteiger partial charge in [-0.25, -0.2) is 0 Å². The minimum Gasteiger partial charge on any atom is -0.484 e. The van der Waals surface area contributed by atoms with Gasteiger partial charge in [-0.1, -0.05) is 84.0 Å². The zero-order valence-electron chi connectivity index (χ0n) is 21.3. The van der Waals surface area contributed by atoms with E-state index in [0.717, 1.165) is 36.8 Å². The third-order valence-corrected chi connectivity index (χ3v) is 7.99. The van der Waals surface area contributed by atoms with E-state index in [9.17, 15) is 9.59 Å². The highest BCUT2D eigenvalue weighted by atomic mass is 35.5. The summed E-state index contributed by atoms with van der Waals surface area (Å²) in [6.45, 7) is 1.67. The molecule has 200 valence electrons. The Bertz CT molecular complexity index is 1240. The van der Waals surface area contributed by atoms with Gasteiger partial charge in [0, 0.05) is 39.6 Å². The van der Waals surface area contributed by atoms with E-state index in [1.807, 2.05) is 37.3 Å². The number of rotatable bonds is 10. The van der Waals surface area contributed by atoms with Crippen molar-refractivity contribution in [1.82, 2.24) is 10.2 Å². The fraction of sp³-hybridized carbons (Fsp3) is 0.333. The highest BCUT2D eigenvalue weighted by Crippen LogP contribution is 2.28. The molecule has 0 aliphatic heterocycles. The first-order valence-electron chi connectivity index (χ1n) is 12.8. The lowest BCUT2D eigenvalue weighted by Crippen LogP contribution is -2.53. The summed E-state index contributed by atoms with van der Waals surface area (Å²) in [5.41, 5.74) is 2.36. The van der Waals surface area contributed by atoms with Crippen LogP contribution in [0.1, 0.15) is 42.4 Å². The Morgan fingerprint density at radius 3 is 2.29 bits per heavy atom. The summed E-state index contributed by atoms with van der Waals surface area (Å²) in [5.74, 6) is -0.0262. The molecule has 1 N–H and O–H groups in total. The molecule has 0 unspecified atom stereocenters. The summed E-state index contributed by atoms with van der Waals surface area (Å²) in [5, 5.41) is 4.66. The van der Waals surface area contributed by atoms with Gasteiger partial charge in [0.1, 0.15) is 11.8 Å². The molecule has 2 amide bonds. The van der Waals surface area contributed by atoms with Crippen LogP contribution in [0.5, 0.6) is 5.75 Å². The SMILES string of the molecule is Cc1cc(OCC(=O)N(Cc2c(Cl)cccc2Cl)[C@@H](Cc2ccccc2)C(=O)NC2CCCC2)ccc1Cl. The molecule has 1 aliphatic rings. The number of carbonyl (C=O) groups excluding carboxylic acids is 2. The lowest BCUT2D eigenvalue weighted by molar-refractivity contribution is -0.143. The fourth-order valence-corrected chi connectivity index (χ4v) is 5.34. The van der Waals surface area contributed by atoms with Crippen LogP contribution in [0.25, 0.3) is 0 Å². The summed E-state index contributed by atoms with van der Waals surface area (Å²) < 4.78 is 5.85. The van der Waals surface area contributed by atoms with Crippen molar-refractivity contribution in [2.24, 2.45) is 0 Å². The van der Waals surface area contributed by atoms with Crippen LogP contribution in [0.4, 0.5) is 0 Å². The van der Waals surface area contributed by atoms with Crippen molar-refractivity contribution in [3.05, 3.63) is 98.5 Å². The molecule has 1 atom stereocenters. The highest BCUT2D eigenvalue weighted by molar-refractivity contribution is 6.36. The van der Waals surface area contributed by atoms with E-state index in [-0.39, 0.29) is 31.0 Å². The van der Waals surface area contributed by atoms with E-state index in [4.69, 9.17) is 39.5 Å². The molecule has 0 radical (unpaired) electrons. The van der Waals surface area contributed by atoms with Crippen molar-refractivity contribution in [3.8, 4) is 5.75 Å². The van der Waals surface area contributed by atoms with Gasteiger partial charge in [-0.05, 0) is 61.2 Å². The van der Waals surface area contributed by atoms with Gasteiger partial charge in [-0.3, -0.25) is 9.59 Å². The molecule has 3 aromatic rings. The van der Waals surface area contributed by atoms with Crippen LogP contribution in [0.2, 0.25) is 15.1 Å². The largest absolute Gasteiger partial charge is 0.484 e. The molecule has 1 aliphatic carbocycles. The Morgan fingerprint density at radius 1 is 0.947 bits per heavy atom. The third kappa shape index (κ3) is 7.43. The second-order valence-electron chi connectivity index (χ2n) is 9.62. The lowest BCUT2D eigenvalue weighted by atomic mass is 10.0. The Labute approximate surface area is 239 Å². The monoisotopic (exact) mass is 572 g/mol. The van der Waals surface area contributed by atoms with Crippen LogP contribution >= 0.6 is 34.8 Å². The summed E-state index contributed by atoms with van der Waals surface area (Å²) in [6, 6.07) is 19.4. The van der Waals surface area contributed by atoms with Crippen molar-refractivity contribution < 1.29 is 14.3 Å². The van der Waals surface area contributed by atoms with Crippen LogP contribution in [-0.2, 0) is 22.6 Å². The van der Waals surface area contributed by atoms with Crippen molar-refractivity contribution in [3.63, 3.8) is 0 Å². The molecule has 0 aromatic heterocycles. The van der Waals surface area contributed by atoms with Crippen molar-refractivity contribution in [2.45, 2.75) is 57.7 Å². The molecule has 38 heavy (non-hydrogen) atoms. The molecule has 8 heteroatoms. The molecule has 5 nitrogen and oxygen atoms in total. The predicted octanol–water partition coefficient (Wildman–Crippen LogP) is 7.03. The van der Waals surface area contributed by atoms with Gasteiger partial charge in [-0.2, -0.15) is 0 Å². The number of nitrogens with zero attached hydrogens (tertiary/aromatic N) is 1. The topological polar surface area (TPSA) is 58.6 Å². The average molecular weight is 574 g/mol. The summed E-state index contributed by atoms with van der Waals surface area (Å²) in [6.07, 6.45) is 4.38. The normalized spacial score (nSPS) is 14.2. The maximum Gasteiger partial charge on any atom is 0.261 e. The molecule has 1 saturated carbocycles. The smallest absolute Gasteiger partial charge is 0.261 e. The van der Waals surface area contributed by atoms with Gasteiger partial charge in [0.05, 0.1) is 0 Å². The second-order valence-corrected chi connectivity index (χ2v) is 10.8. The number of aryl methyl sites for hydroxylation is 1. The van der Waals surface area contributed by atoms with Gasteiger partial charge in [0.2, 0.25) is 5.91 Å². The first kappa shape index (κ1) is 28.3. The van der Waals surface area contributed by atoms with E-state index < -0.39 is 6.04 Å². The number of nitrogens with one attached hydrogen (secondary N) is 1. The molecule has 0 bridgehead atoms. The molecule has 3 aromatic carbocycles. The van der Waals surface area contributed by atoms with Gasteiger partial charge < -0.3 is 15.0 Å². The fourth-order valence-electron chi connectivity index (χ4n) is 4.71. The maximum atomic E-state index is 13.8. The van der Waals surface area contributed by atoms with Crippen LogP contribution in [-0.4, -0.2) is 35.4 Å². The van der Waals surface area contributed by atoms with E-state index >= 15 is 0 Å². The molecule has 0 spiro atoms. The van der Waals surface area contributed by atoms with Crippen LogP contribution < -0.4 is 10.1 Å². The summed E-state index contributed by atoms with van der Waals surface area (Å²) in [7, 11) is 0. The second kappa shape index (κ2) is 13.4. The summed E-state index contributed by atoms with van der Waals surface area (Å²) >= 11 is 19.1. The molecule has 0 saturated heterocycles. The van der Waals surface area contributed by atoms with Gasteiger partial charge in [-0.15, -0.1) is 0 Å².